The lowest BCUT2D eigenvalue weighted by molar-refractivity contribution is -0.139. The molecule has 0 saturated heterocycles. The zero-order valence-corrected chi connectivity index (χ0v) is 16.6. The number of esters is 1. The van der Waals surface area contributed by atoms with Crippen LogP contribution < -0.4 is 26.6 Å². The fourth-order valence-electron chi connectivity index (χ4n) is 3.50. The van der Waals surface area contributed by atoms with Crippen LogP contribution in [0.15, 0.2) is 45.3 Å². The monoisotopic (exact) mass is 400 g/mol. The number of H-pyrrole nitrogens is 2. The van der Waals surface area contributed by atoms with Crippen molar-refractivity contribution in [2.75, 3.05) is 24.6 Å². The summed E-state index contributed by atoms with van der Waals surface area (Å²) in [7, 11) is 0. The maximum Gasteiger partial charge on any atom is 0.340 e. The molecule has 1 atom stereocenters. The molecule has 154 valence electrons. The Balaban J connectivity index is 2.18. The standard InChI is InChI=1S/C20H24N4O5/c1-4-24(5-2)12-9-7-11(8-10-12)13-14(19(26)28-6-3)16(21)29-18-15(13)17(25)22-20(27)23-18/h7-10,13H,4-6,21H2,1-3H3,(H2,22,23,25,27)/t13-/m0/s1. The van der Waals surface area contributed by atoms with E-state index in [4.69, 9.17) is 15.2 Å². The lowest BCUT2D eigenvalue weighted by Crippen LogP contribution is -2.35. The van der Waals surface area contributed by atoms with Crippen molar-refractivity contribution >= 4 is 11.7 Å². The molecule has 0 bridgehead atoms. The lowest BCUT2D eigenvalue weighted by atomic mass is 9.84. The van der Waals surface area contributed by atoms with Gasteiger partial charge in [-0.25, -0.2) is 9.59 Å². The van der Waals surface area contributed by atoms with E-state index in [1.54, 1.807) is 6.92 Å². The van der Waals surface area contributed by atoms with Gasteiger partial charge in [0.15, 0.2) is 0 Å². The van der Waals surface area contributed by atoms with E-state index in [0.717, 1.165) is 18.8 Å². The summed E-state index contributed by atoms with van der Waals surface area (Å²) in [6.45, 7) is 7.62. The summed E-state index contributed by atoms with van der Waals surface area (Å²) in [4.78, 5) is 43.7. The maximum absolute atomic E-state index is 12.6. The van der Waals surface area contributed by atoms with Crippen molar-refractivity contribution in [1.29, 1.82) is 0 Å². The maximum atomic E-state index is 12.6. The van der Waals surface area contributed by atoms with Gasteiger partial charge in [0.05, 0.1) is 18.1 Å². The summed E-state index contributed by atoms with van der Waals surface area (Å²) in [5.41, 5.74) is 6.38. The van der Waals surface area contributed by atoms with Crippen molar-refractivity contribution < 1.29 is 14.3 Å². The molecule has 3 rings (SSSR count). The molecule has 0 unspecified atom stereocenters. The Bertz CT molecular complexity index is 1050. The van der Waals surface area contributed by atoms with E-state index in [1.165, 1.54) is 0 Å². The molecule has 0 amide bonds. The van der Waals surface area contributed by atoms with E-state index in [0.29, 0.717) is 5.56 Å². The molecule has 1 aliphatic rings. The van der Waals surface area contributed by atoms with Crippen molar-refractivity contribution in [3.63, 3.8) is 0 Å². The molecule has 0 spiro atoms. The molecule has 29 heavy (non-hydrogen) atoms. The molecule has 2 aromatic rings. The Kier molecular flexibility index (Phi) is 5.76. The lowest BCUT2D eigenvalue weighted by Gasteiger charge is -2.27. The second-order valence-corrected chi connectivity index (χ2v) is 6.45. The largest absolute Gasteiger partial charge is 0.462 e. The van der Waals surface area contributed by atoms with Gasteiger partial charge in [0, 0.05) is 18.8 Å². The summed E-state index contributed by atoms with van der Waals surface area (Å²) in [5.74, 6) is -1.82. The molecule has 9 heteroatoms. The van der Waals surface area contributed by atoms with E-state index in [2.05, 4.69) is 28.7 Å². The quantitative estimate of drug-likeness (QED) is 0.620. The van der Waals surface area contributed by atoms with Crippen LogP contribution >= 0.6 is 0 Å². The number of hydrogen-bond acceptors (Lipinski definition) is 7. The van der Waals surface area contributed by atoms with Crippen LogP contribution in [0.5, 0.6) is 5.88 Å². The molecule has 0 aliphatic carbocycles. The van der Waals surface area contributed by atoms with Gasteiger partial charge in [0.25, 0.3) is 5.56 Å². The minimum atomic E-state index is -0.843. The average molecular weight is 400 g/mol. The van der Waals surface area contributed by atoms with Crippen LogP contribution in [-0.2, 0) is 9.53 Å². The molecule has 1 aliphatic heterocycles. The van der Waals surface area contributed by atoms with Crippen molar-refractivity contribution in [1.82, 2.24) is 9.97 Å². The highest BCUT2D eigenvalue weighted by atomic mass is 16.5. The van der Waals surface area contributed by atoms with Crippen LogP contribution in [0, 0.1) is 0 Å². The molecular weight excluding hydrogens is 376 g/mol. The number of carbonyl (C=O) groups excluding carboxylic acids is 1. The van der Waals surface area contributed by atoms with Crippen molar-refractivity contribution in [3.05, 3.63) is 67.7 Å². The summed E-state index contributed by atoms with van der Waals surface area (Å²) < 4.78 is 10.5. The summed E-state index contributed by atoms with van der Waals surface area (Å²) in [6.07, 6.45) is 0. The Labute approximate surface area is 167 Å². The highest BCUT2D eigenvalue weighted by Gasteiger charge is 2.38. The second-order valence-electron chi connectivity index (χ2n) is 6.45. The number of aromatic nitrogens is 2. The fraction of sp³-hybridized carbons (Fsp3) is 0.350. The average Bonchev–Trinajstić information content (AvgIpc) is 2.68. The number of nitrogens with one attached hydrogen (secondary N) is 2. The van der Waals surface area contributed by atoms with Gasteiger partial charge in [-0.05, 0) is 38.5 Å². The Morgan fingerprint density at radius 2 is 1.79 bits per heavy atom. The van der Waals surface area contributed by atoms with Crippen molar-refractivity contribution in [2.24, 2.45) is 5.73 Å². The third-order valence-corrected chi connectivity index (χ3v) is 4.85. The van der Waals surface area contributed by atoms with Crippen molar-refractivity contribution in [3.8, 4) is 5.88 Å². The van der Waals surface area contributed by atoms with Crippen molar-refractivity contribution in [2.45, 2.75) is 26.7 Å². The number of nitrogens with zero attached hydrogens (tertiary/aromatic N) is 1. The molecule has 1 aromatic carbocycles. The molecule has 9 nitrogen and oxygen atoms in total. The van der Waals surface area contributed by atoms with Gasteiger partial charge in [-0.3, -0.25) is 14.8 Å². The van der Waals surface area contributed by atoms with Gasteiger partial charge in [-0.2, -0.15) is 0 Å². The number of anilines is 1. The van der Waals surface area contributed by atoms with Crippen LogP contribution in [0.1, 0.15) is 37.8 Å². The third-order valence-electron chi connectivity index (χ3n) is 4.85. The number of rotatable bonds is 6. The molecule has 0 radical (unpaired) electrons. The number of carbonyl (C=O) groups is 1. The molecule has 0 fully saturated rings. The van der Waals surface area contributed by atoms with E-state index in [-0.39, 0.29) is 29.5 Å². The smallest absolute Gasteiger partial charge is 0.340 e. The number of benzene rings is 1. The van der Waals surface area contributed by atoms with Gasteiger partial charge in [-0.1, -0.05) is 12.1 Å². The normalized spacial score (nSPS) is 15.5. The SMILES string of the molecule is CCOC(=O)C1=C(N)Oc2[nH]c(=O)[nH]c(=O)c2[C@H]1c1ccc(N(CC)CC)cc1. The predicted molar refractivity (Wildman–Crippen MR) is 108 cm³/mol. The van der Waals surface area contributed by atoms with Crippen LogP contribution in [0.25, 0.3) is 0 Å². The van der Waals surface area contributed by atoms with Gasteiger partial charge >= 0.3 is 11.7 Å². The number of fused-ring (bicyclic) bond motifs is 1. The van der Waals surface area contributed by atoms with Gasteiger partial charge in [0.1, 0.15) is 5.57 Å². The fourth-order valence-corrected chi connectivity index (χ4v) is 3.50. The number of nitrogens with two attached hydrogens (primary N) is 1. The van der Waals surface area contributed by atoms with E-state index >= 15 is 0 Å². The molecular formula is C20H24N4O5. The molecule has 4 N–H and O–H groups in total. The Morgan fingerprint density at radius 1 is 1.14 bits per heavy atom. The van der Waals surface area contributed by atoms with E-state index in [9.17, 15) is 14.4 Å². The number of ether oxygens (including phenoxy) is 2. The van der Waals surface area contributed by atoms with Crippen LogP contribution in [-0.4, -0.2) is 35.6 Å². The first kappa shape index (κ1) is 20.2. The second kappa shape index (κ2) is 8.26. The predicted octanol–water partition coefficient (Wildman–Crippen LogP) is 1.17. The van der Waals surface area contributed by atoms with Gasteiger partial charge in [-0.15, -0.1) is 0 Å². The molecule has 1 aromatic heterocycles. The van der Waals surface area contributed by atoms with E-state index in [1.807, 2.05) is 24.3 Å². The Hall–Kier alpha value is -3.49. The van der Waals surface area contributed by atoms with Crippen LogP contribution in [0.2, 0.25) is 0 Å². The molecule has 2 heterocycles. The van der Waals surface area contributed by atoms with Gasteiger partial charge in [0.2, 0.25) is 11.8 Å². The van der Waals surface area contributed by atoms with Crippen LogP contribution in [0.3, 0.4) is 0 Å². The third kappa shape index (κ3) is 3.75. The van der Waals surface area contributed by atoms with Gasteiger partial charge < -0.3 is 20.1 Å². The topological polar surface area (TPSA) is 131 Å². The zero-order chi connectivity index (χ0) is 21.1. The van der Waals surface area contributed by atoms with Crippen LogP contribution in [0.4, 0.5) is 5.69 Å². The summed E-state index contributed by atoms with van der Waals surface area (Å²) >= 11 is 0. The highest BCUT2D eigenvalue weighted by Crippen LogP contribution is 2.39. The summed E-state index contributed by atoms with van der Waals surface area (Å²) in [6, 6.07) is 7.47. The number of aromatic amines is 2. The Morgan fingerprint density at radius 3 is 2.38 bits per heavy atom. The number of hydrogen-bond donors (Lipinski definition) is 3. The zero-order valence-electron chi connectivity index (χ0n) is 16.6. The molecule has 0 saturated carbocycles. The highest BCUT2D eigenvalue weighted by molar-refractivity contribution is 5.92. The minimum Gasteiger partial charge on any atom is -0.462 e. The first-order chi connectivity index (χ1) is 13.9. The summed E-state index contributed by atoms with van der Waals surface area (Å²) in [5, 5.41) is 0. The first-order valence-corrected chi connectivity index (χ1v) is 9.47. The minimum absolute atomic E-state index is 0.0208. The first-order valence-electron chi connectivity index (χ1n) is 9.47. The van der Waals surface area contributed by atoms with E-state index < -0.39 is 23.1 Å².